The normalized spacial score (nSPS) is 15.9. The summed E-state index contributed by atoms with van der Waals surface area (Å²) < 4.78 is 16.5. The first-order valence-electron chi connectivity index (χ1n) is 9.76. The van der Waals surface area contributed by atoms with Crippen molar-refractivity contribution in [1.29, 1.82) is 0 Å². The highest BCUT2D eigenvalue weighted by Crippen LogP contribution is 2.26. The van der Waals surface area contributed by atoms with Crippen molar-refractivity contribution in [3.8, 4) is 11.5 Å². The molecule has 4 rings (SSSR count). The molecule has 0 aliphatic carbocycles. The molecule has 2 aromatic heterocycles. The number of H-pyrrole nitrogens is 2. The Morgan fingerprint density at radius 3 is 2.97 bits per heavy atom. The zero-order valence-electron chi connectivity index (χ0n) is 16.7. The van der Waals surface area contributed by atoms with Crippen LogP contribution < -0.4 is 10.6 Å². The molecule has 1 aromatic carbocycles. The van der Waals surface area contributed by atoms with Crippen LogP contribution >= 0.6 is 0 Å². The molecule has 3 aromatic rings. The quantitative estimate of drug-likeness (QED) is 0.446. The molecular formula is C19H25N7O3S. The van der Waals surface area contributed by atoms with Crippen LogP contribution in [0.2, 0.25) is 0 Å². The van der Waals surface area contributed by atoms with Gasteiger partial charge in [-0.3, -0.25) is 14.2 Å². The molecule has 10 nitrogen and oxygen atoms in total. The van der Waals surface area contributed by atoms with Crippen molar-refractivity contribution in [2.75, 3.05) is 50.2 Å². The molecule has 11 heteroatoms. The molecule has 1 fully saturated rings. The molecule has 1 aliphatic rings. The maximum absolute atomic E-state index is 12.1. The van der Waals surface area contributed by atoms with Gasteiger partial charge in [0.1, 0.15) is 5.69 Å². The van der Waals surface area contributed by atoms with Gasteiger partial charge in [0, 0.05) is 49.0 Å². The van der Waals surface area contributed by atoms with Crippen LogP contribution in [0.25, 0.3) is 22.6 Å². The molecule has 0 saturated carbocycles. The number of urea groups is 1. The second-order valence-corrected chi connectivity index (χ2v) is 8.70. The summed E-state index contributed by atoms with van der Waals surface area (Å²) in [7, 11) is -0.954. The third-order valence-corrected chi connectivity index (χ3v) is 5.63. The van der Waals surface area contributed by atoms with Gasteiger partial charge in [0.05, 0.1) is 36.1 Å². The van der Waals surface area contributed by atoms with E-state index in [4.69, 9.17) is 4.74 Å². The van der Waals surface area contributed by atoms with E-state index in [0.29, 0.717) is 29.5 Å². The Labute approximate surface area is 176 Å². The SMILES string of the molecule is CS(=O)CCNC(=O)Nc1cn[nH]c1-c1nc2ccc(CN3CCOCC3)cc2[nH]1. The third-order valence-electron chi connectivity index (χ3n) is 4.86. The molecule has 1 atom stereocenters. The van der Waals surface area contributed by atoms with Crippen molar-refractivity contribution in [3.63, 3.8) is 0 Å². The summed E-state index contributed by atoms with van der Waals surface area (Å²) in [5.74, 6) is 0.998. The van der Waals surface area contributed by atoms with E-state index in [1.54, 1.807) is 6.26 Å². The summed E-state index contributed by atoms with van der Waals surface area (Å²) in [6.45, 7) is 4.62. The van der Waals surface area contributed by atoms with Gasteiger partial charge >= 0.3 is 6.03 Å². The van der Waals surface area contributed by atoms with Gasteiger partial charge in [0.2, 0.25) is 0 Å². The number of rotatable bonds is 7. The summed E-state index contributed by atoms with van der Waals surface area (Å²) in [6.07, 6.45) is 3.13. The molecule has 1 unspecified atom stereocenters. The number of amides is 2. The molecule has 1 aliphatic heterocycles. The number of hydrogen-bond donors (Lipinski definition) is 4. The lowest BCUT2D eigenvalue weighted by Crippen LogP contribution is -2.35. The topological polar surface area (TPSA) is 128 Å². The van der Waals surface area contributed by atoms with E-state index in [1.807, 2.05) is 6.07 Å². The number of carbonyl (C=O) groups is 1. The molecule has 0 spiro atoms. The fraction of sp³-hybridized carbons (Fsp3) is 0.421. The molecule has 0 bridgehead atoms. The van der Waals surface area contributed by atoms with E-state index >= 15 is 0 Å². The lowest BCUT2D eigenvalue weighted by Gasteiger charge is -2.26. The fourth-order valence-corrected chi connectivity index (χ4v) is 3.72. The minimum absolute atomic E-state index is 0.332. The molecule has 3 heterocycles. The summed E-state index contributed by atoms with van der Waals surface area (Å²) in [4.78, 5) is 22.4. The van der Waals surface area contributed by atoms with E-state index in [2.05, 4.69) is 47.8 Å². The molecule has 1 saturated heterocycles. The molecule has 30 heavy (non-hydrogen) atoms. The Kier molecular flexibility index (Phi) is 6.41. The van der Waals surface area contributed by atoms with Gasteiger partial charge in [-0.1, -0.05) is 6.07 Å². The number of nitrogens with one attached hydrogen (secondary N) is 4. The first kappa shape index (κ1) is 20.5. The molecule has 0 radical (unpaired) electrons. The number of anilines is 1. The largest absolute Gasteiger partial charge is 0.379 e. The maximum atomic E-state index is 12.1. The minimum atomic E-state index is -0.954. The fourth-order valence-electron chi connectivity index (χ4n) is 3.33. The van der Waals surface area contributed by atoms with Gasteiger partial charge in [-0.15, -0.1) is 0 Å². The van der Waals surface area contributed by atoms with Crippen molar-refractivity contribution in [2.45, 2.75) is 6.54 Å². The van der Waals surface area contributed by atoms with E-state index in [1.165, 1.54) is 11.8 Å². The number of benzene rings is 1. The number of carbonyl (C=O) groups excluding carboxylic acids is 1. The number of aromatic amines is 2. The van der Waals surface area contributed by atoms with E-state index in [9.17, 15) is 9.00 Å². The number of morpholine rings is 1. The second kappa shape index (κ2) is 9.37. The highest BCUT2D eigenvalue weighted by molar-refractivity contribution is 7.84. The van der Waals surface area contributed by atoms with Crippen molar-refractivity contribution in [2.24, 2.45) is 0 Å². The van der Waals surface area contributed by atoms with Gasteiger partial charge in [-0.05, 0) is 17.7 Å². The third kappa shape index (κ3) is 5.04. The summed E-state index contributed by atoms with van der Waals surface area (Å²) in [6, 6.07) is 5.79. The van der Waals surface area contributed by atoms with E-state index < -0.39 is 10.8 Å². The highest BCUT2D eigenvalue weighted by Gasteiger charge is 2.16. The Morgan fingerprint density at radius 2 is 2.17 bits per heavy atom. The molecular weight excluding hydrogens is 406 g/mol. The van der Waals surface area contributed by atoms with Crippen molar-refractivity contribution >= 4 is 33.6 Å². The Bertz CT molecular complexity index is 1040. The second-order valence-electron chi connectivity index (χ2n) is 7.14. The van der Waals surface area contributed by atoms with Crippen LogP contribution in [0.3, 0.4) is 0 Å². The van der Waals surface area contributed by atoms with Crippen molar-refractivity contribution in [1.82, 2.24) is 30.4 Å². The van der Waals surface area contributed by atoms with Crippen molar-refractivity contribution in [3.05, 3.63) is 30.0 Å². The predicted molar refractivity (Wildman–Crippen MR) is 116 cm³/mol. The van der Waals surface area contributed by atoms with Gasteiger partial charge in [-0.2, -0.15) is 5.10 Å². The monoisotopic (exact) mass is 431 g/mol. The van der Waals surface area contributed by atoms with E-state index in [-0.39, 0.29) is 6.03 Å². The van der Waals surface area contributed by atoms with Crippen LogP contribution in [0.5, 0.6) is 0 Å². The van der Waals surface area contributed by atoms with Gasteiger partial charge in [0.25, 0.3) is 0 Å². The number of aromatic nitrogens is 4. The number of hydrogen-bond acceptors (Lipinski definition) is 6. The highest BCUT2D eigenvalue weighted by atomic mass is 32.2. The van der Waals surface area contributed by atoms with Crippen LogP contribution in [0.1, 0.15) is 5.56 Å². The number of ether oxygens (including phenoxy) is 1. The average molecular weight is 432 g/mol. The predicted octanol–water partition coefficient (Wildman–Crippen LogP) is 1.29. The summed E-state index contributed by atoms with van der Waals surface area (Å²) >= 11 is 0. The average Bonchev–Trinajstić information content (AvgIpc) is 3.34. The van der Waals surface area contributed by atoms with Gasteiger partial charge < -0.3 is 20.4 Å². The Morgan fingerprint density at radius 1 is 1.33 bits per heavy atom. The molecule has 160 valence electrons. The zero-order valence-corrected chi connectivity index (χ0v) is 17.6. The number of fused-ring (bicyclic) bond motifs is 1. The molecule has 2 amide bonds. The Balaban J connectivity index is 1.46. The van der Waals surface area contributed by atoms with Crippen molar-refractivity contribution < 1.29 is 13.7 Å². The summed E-state index contributed by atoms with van der Waals surface area (Å²) in [5.41, 5.74) is 4.07. The zero-order chi connectivity index (χ0) is 20.9. The number of nitrogens with zero attached hydrogens (tertiary/aromatic N) is 3. The maximum Gasteiger partial charge on any atom is 0.319 e. The van der Waals surface area contributed by atoms with Crippen LogP contribution in [-0.2, 0) is 22.1 Å². The summed E-state index contributed by atoms with van der Waals surface area (Å²) in [5, 5.41) is 12.3. The Hall–Kier alpha value is -2.76. The minimum Gasteiger partial charge on any atom is -0.379 e. The van der Waals surface area contributed by atoms with Crippen LogP contribution in [0.4, 0.5) is 10.5 Å². The van der Waals surface area contributed by atoms with E-state index in [0.717, 1.165) is 43.9 Å². The smallest absolute Gasteiger partial charge is 0.319 e. The molecule has 4 N–H and O–H groups in total. The lowest BCUT2D eigenvalue weighted by atomic mass is 10.2. The van der Waals surface area contributed by atoms with Gasteiger partial charge in [0.15, 0.2) is 5.82 Å². The van der Waals surface area contributed by atoms with Crippen LogP contribution in [-0.4, -0.2) is 80.2 Å². The van der Waals surface area contributed by atoms with Gasteiger partial charge in [-0.25, -0.2) is 9.78 Å². The first-order chi connectivity index (χ1) is 14.6. The van der Waals surface area contributed by atoms with Crippen LogP contribution in [0.15, 0.2) is 24.4 Å². The first-order valence-corrected chi connectivity index (χ1v) is 11.5. The lowest BCUT2D eigenvalue weighted by molar-refractivity contribution is 0.0342. The van der Waals surface area contributed by atoms with Crippen LogP contribution in [0, 0.1) is 0 Å². The number of imidazole rings is 1. The standard InChI is InChI=1S/C19H25N7O3S/c1-30(28)9-4-20-19(27)24-16-11-21-25-17(16)18-22-14-3-2-13(10-15(14)23-18)12-26-5-7-29-8-6-26/h2-3,10-11H,4-9,12H2,1H3,(H,21,25)(H,22,23)(H2,20,24,27).